The largest absolute Gasteiger partial charge is 0.502 e. The number of nitrogens with one attached hydrogen (secondary N) is 1. The van der Waals surface area contributed by atoms with Crippen LogP contribution in [0.1, 0.15) is 0 Å². The molecule has 0 aromatic heterocycles. The van der Waals surface area contributed by atoms with Gasteiger partial charge in [0, 0.05) is 0 Å². The monoisotopic (exact) mass is 159 g/mol. The quantitative estimate of drug-likeness (QED) is 0.246. The fourth-order valence-corrected chi connectivity index (χ4v) is 0.807. The number of hydrogen-bond donors (Lipinski definition) is 4. The fourth-order valence-electron chi connectivity index (χ4n) is 0.623. The molecular formula is C4H5N3O2S. The van der Waals surface area contributed by atoms with Crippen LogP contribution >= 0.6 is 0 Å². The predicted octanol–water partition coefficient (Wildman–Crippen LogP) is 0.00327. The van der Waals surface area contributed by atoms with Crippen LogP contribution < -0.4 is 5.73 Å². The minimum absolute atomic E-state index is 0.0208. The molecule has 0 aliphatic heterocycles. The summed E-state index contributed by atoms with van der Waals surface area (Å²) >= 11 is 4.32. The summed E-state index contributed by atoms with van der Waals surface area (Å²) in [5.41, 5.74) is 11.9. The average molecular weight is 159 g/mol. The van der Waals surface area contributed by atoms with E-state index in [1.165, 1.54) is 0 Å². The van der Waals surface area contributed by atoms with Crippen molar-refractivity contribution in [1.82, 2.24) is 0 Å². The van der Waals surface area contributed by atoms with Crippen LogP contribution in [0.5, 0.6) is 0 Å². The van der Waals surface area contributed by atoms with E-state index in [0.717, 1.165) is 0 Å². The highest BCUT2D eigenvalue weighted by atomic mass is 32.1. The first-order chi connectivity index (χ1) is 4.55. The first-order valence-electron chi connectivity index (χ1n) is 2.37. The van der Waals surface area contributed by atoms with Crippen molar-refractivity contribution < 1.29 is 14.3 Å². The van der Waals surface area contributed by atoms with Gasteiger partial charge in [-0.3, -0.25) is 0 Å². The van der Waals surface area contributed by atoms with Gasteiger partial charge in [0.2, 0.25) is 5.76 Å². The molecule has 0 unspecified atom stereocenters. The normalized spacial score (nSPS) is 17.2. The Morgan fingerprint density at radius 3 is 2.10 bits per heavy atom. The van der Waals surface area contributed by atoms with Crippen molar-refractivity contribution in [3.63, 3.8) is 0 Å². The van der Waals surface area contributed by atoms with E-state index < -0.39 is 11.5 Å². The Balaban J connectivity index is 2.95. The number of aliphatic hydroxyl groups is 2. The number of nitrogens with two attached hydrogens (primary N) is 1. The van der Waals surface area contributed by atoms with Crippen LogP contribution in [0.25, 0.3) is 0 Å². The summed E-state index contributed by atoms with van der Waals surface area (Å²) in [7, 11) is 0. The molecule has 0 atom stereocenters. The van der Waals surface area contributed by atoms with E-state index >= 15 is 0 Å². The molecular weight excluding hydrogens is 154 g/mol. The van der Waals surface area contributed by atoms with Crippen LogP contribution in [0.2, 0.25) is 0 Å². The van der Waals surface area contributed by atoms with Gasteiger partial charge in [0.15, 0.2) is 11.5 Å². The van der Waals surface area contributed by atoms with Crippen LogP contribution in [0.3, 0.4) is 0 Å². The molecule has 54 valence electrons. The molecule has 0 bridgehead atoms. The van der Waals surface area contributed by atoms with Gasteiger partial charge in [-0.15, -0.1) is 0 Å². The van der Waals surface area contributed by atoms with Crippen LogP contribution in [0.15, 0.2) is 22.9 Å². The smallest absolute Gasteiger partial charge is 0.287 e. The summed E-state index contributed by atoms with van der Waals surface area (Å²) in [6.45, 7) is 0. The second kappa shape index (κ2) is 1.84. The fraction of sp³-hybridized carbons (Fsp3) is 0. The molecule has 0 amide bonds. The lowest BCUT2D eigenvalue weighted by atomic mass is 10.1. The van der Waals surface area contributed by atoms with Crippen molar-refractivity contribution in [1.29, 1.82) is 5.53 Å². The first kappa shape index (κ1) is 6.81. The topological polar surface area (TPSA) is 93.3 Å². The van der Waals surface area contributed by atoms with Crippen molar-refractivity contribution in [2.45, 2.75) is 0 Å². The molecule has 5 N–H and O–H groups in total. The molecule has 10 heavy (non-hydrogen) atoms. The van der Waals surface area contributed by atoms with Gasteiger partial charge >= 0.3 is 0 Å². The summed E-state index contributed by atoms with van der Waals surface area (Å²) in [5, 5.41) is 17.5. The van der Waals surface area contributed by atoms with Gasteiger partial charge in [-0.2, -0.15) is 4.10 Å². The Morgan fingerprint density at radius 2 is 1.90 bits per heavy atom. The third-order valence-electron chi connectivity index (χ3n) is 1.16. The van der Waals surface area contributed by atoms with Gasteiger partial charge in [-0.05, 0) is 0 Å². The highest BCUT2D eigenvalue weighted by molar-refractivity contribution is 7.51. The van der Waals surface area contributed by atoms with Crippen molar-refractivity contribution in [2.24, 2.45) is 5.73 Å². The van der Waals surface area contributed by atoms with E-state index in [2.05, 4.69) is 12.8 Å². The van der Waals surface area contributed by atoms with E-state index in [1.807, 2.05) is 0 Å². The van der Waals surface area contributed by atoms with Gasteiger partial charge in [0.05, 0.1) is 0 Å². The summed E-state index contributed by atoms with van der Waals surface area (Å²) in [6.07, 6.45) is 0. The molecule has 0 radical (unpaired) electrons. The Hall–Kier alpha value is -1.30. The summed E-state index contributed by atoms with van der Waals surface area (Å²) in [6, 6.07) is 0. The van der Waals surface area contributed by atoms with E-state index in [0.29, 0.717) is 4.10 Å². The minimum Gasteiger partial charge on any atom is -0.502 e. The molecule has 0 aromatic rings. The second-order valence-corrected chi connectivity index (χ2v) is 2.12. The van der Waals surface area contributed by atoms with Crippen molar-refractivity contribution in [3.05, 3.63) is 22.9 Å². The van der Waals surface area contributed by atoms with E-state index in [-0.39, 0.29) is 11.4 Å². The zero-order chi connectivity index (χ0) is 7.89. The lowest BCUT2D eigenvalue weighted by molar-refractivity contribution is -0.396. The molecule has 0 fully saturated rings. The van der Waals surface area contributed by atoms with Gasteiger partial charge in [0.25, 0.3) is 5.70 Å². The van der Waals surface area contributed by atoms with Gasteiger partial charge in [-0.1, -0.05) is 5.53 Å². The second-order valence-electron chi connectivity index (χ2n) is 1.75. The lowest BCUT2D eigenvalue weighted by Gasteiger charge is -2.15. The van der Waals surface area contributed by atoms with Gasteiger partial charge in [-0.25, -0.2) is 0 Å². The van der Waals surface area contributed by atoms with Gasteiger partial charge < -0.3 is 28.8 Å². The molecule has 0 saturated heterocycles. The first-order valence-corrected chi connectivity index (χ1v) is 2.73. The SMILES string of the molecule is N=[N+]([S-])C1=C(N)C(O)=C1O. The number of aliphatic hydroxyl groups excluding tert-OH is 2. The van der Waals surface area contributed by atoms with Crippen molar-refractivity contribution >= 4 is 12.8 Å². The highest BCUT2D eigenvalue weighted by Gasteiger charge is 2.33. The molecule has 0 spiro atoms. The lowest BCUT2D eigenvalue weighted by Crippen LogP contribution is -2.23. The molecule has 5 nitrogen and oxygen atoms in total. The van der Waals surface area contributed by atoms with E-state index in [9.17, 15) is 0 Å². The maximum Gasteiger partial charge on any atom is 0.287 e. The Labute approximate surface area is 62.1 Å². The average Bonchev–Trinajstić information content (AvgIpc) is 1.87. The molecule has 0 saturated carbocycles. The van der Waals surface area contributed by atoms with Crippen LogP contribution in [0.4, 0.5) is 0 Å². The molecule has 1 rings (SSSR count). The van der Waals surface area contributed by atoms with Crippen molar-refractivity contribution in [3.8, 4) is 0 Å². The van der Waals surface area contributed by atoms with E-state index in [1.54, 1.807) is 0 Å². The summed E-state index contributed by atoms with van der Waals surface area (Å²) in [5.74, 6) is -0.806. The summed E-state index contributed by atoms with van der Waals surface area (Å²) in [4.78, 5) is 0. The van der Waals surface area contributed by atoms with Gasteiger partial charge in [0.1, 0.15) is 0 Å². The summed E-state index contributed by atoms with van der Waals surface area (Å²) < 4.78 is 0.477. The third-order valence-corrected chi connectivity index (χ3v) is 1.34. The minimum atomic E-state index is -0.414. The zero-order valence-corrected chi connectivity index (χ0v) is 5.64. The highest BCUT2D eigenvalue weighted by Crippen LogP contribution is 2.27. The molecule has 1 aliphatic carbocycles. The Bertz CT molecular complexity index is 268. The molecule has 0 aromatic carbocycles. The maximum atomic E-state index is 8.78. The zero-order valence-electron chi connectivity index (χ0n) is 4.83. The Morgan fingerprint density at radius 1 is 1.40 bits per heavy atom. The van der Waals surface area contributed by atoms with Crippen LogP contribution in [0, 0.1) is 5.53 Å². The van der Waals surface area contributed by atoms with Crippen LogP contribution in [-0.4, -0.2) is 14.3 Å². The molecule has 0 heterocycles. The Kier molecular flexibility index (Phi) is 1.26. The third kappa shape index (κ3) is 0.623. The molecule has 6 heteroatoms. The molecule has 1 aliphatic rings. The van der Waals surface area contributed by atoms with Crippen LogP contribution in [-0.2, 0) is 12.8 Å². The number of rotatable bonds is 1. The number of hydrogen-bond acceptors (Lipinski definition) is 5. The predicted molar refractivity (Wildman–Crippen MR) is 33.8 cm³/mol. The van der Waals surface area contributed by atoms with E-state index in [4.69, 9.17) is 21.5 Å². The number of nitrogens with zero attached hydrogens (tertiary/aromatic N) is 1. The standard InChI is InChI=1S/C4H5N3O2S/c5-1-2(7(6)10)4(9)3(1)8/h6,8-9H,5H2. The van der Waals surface area contributed by atoms with Crippen molar-refractivity contribution in [2.75, 3.05) is 0 Å². The maximum absolute atomic E-state index is 8.78.